The lowest BCUT2D eigenvalue weighted by Crippen LogP contribution is -2.54. The number of aromatic nitrogens is 2. The molecule has 1 aliphatic rings. The SMILES string of the molecule is C[C@](CO)(NC(=O)N[C@@H](Cn1cccn1)c1ccccc1)C1CC1. The van der Waals surface area contributed by atoms with E-state index in [1.54, 1.807) is 10.9 Å². The zero-order valence-corrected chi connectivity index (χ0v) is 13.9. The Hall–Kier alpha value is -2.34. The molecular weight excluding hydrogens is 304 g/mol. The van der Waals surface area contributed by atoms with E-state index >= 15 is 0 Å². The lowest BCUT2D eigenvalue weighted by molar-refractivity contribution is 0.153. The van der Waals surface area contributed by atoms with Crippen molar-refractivity contribution in [3.05, 3.63) is 54.4 Å². The molecule has 0 saturated heterocycles. The summed E-state index contributed by atoms with van der Waals surface area (Å²) in [6.07, 6.45) is 5.69. The van der Waals surface area contributed by atoms with Crippen LogP contribution in [-0.2, 0) is 6.54 Å². The van der Waals surface area contributed by atoms with Crippen molar-refractivity contribution in [1.29, 1.82) is 0 Å². The van der Waals surface area contributed by atoms with Crippen molar-refractivity contribution in [2.45, 2.75) is 37.9 Å². The van der Waals surface area contributed by atoms with Gasteiger partial charge in [-0.05, 0) is 37.3 Å². The van der Waals surface area contributed by atoms with Crippen molar-refractivity contribution in [1.82, 2.24) is 20.4 Å². The number of amides is 2. The van der Waals surface area contributed by atoms with E-state index in [1.165, 1.54) is 0 Å². The molecule has 1 aromatic heterocycles. The molecule has 2 amide bonds. The Morgan fingerprint density at radius 3 is 2.71 bits per heavy atom. The van der Waals surface area contributed by atoms with E-state index in [2.05, 4.69) is 15.7 Å². The zero-order valence-electron chi connectivity index (χ0n) is 13.9. The molecule has 0 radical (unpaired) electrons. The smallest absolute Gasteiger partial charge is 0.315 e. The van der Waals surface area contributed by atoms with Gasteiger partial charge in [-0.3, -0.25) is 4.68 Å². The van der Waals surface area contributed by atoms with Crippen LogP contribution in [0.15, 0.2) is 48.8 Å². The minimum Gasteiger partial charge on any atom is -0.394 e. The molecule has 1 aliphatic carbocycles. The van der Waals surface area contributed by atoms with E-state index in [4.69, 9.17) is 0 Å². The van der Waals surface area contributed by atoms with Crippen LogP contribution in [0.3, 0.4) is 0 Å². The summed E-state index contributed by atoms with van der Waals surface area (Å²) < 4.78 is 1.80. The van der Waals surface area contributed by atoms with Gasteiger partial charge in [0.1, 0.15) is 0 Å². The van der Waals surface area contributed by atoms with E-state index in [0.29, 0.717) is 12.5 Å². The van der Waals surface area contributed by atoms with Gasteiger partial charge in [0.25, 0.3) is 0 Å². The minimum absolute atomic E-state index is 0.0553. The summed E-state index contributed by atoms with van der Waals surface area (Å²) in [6, 6.07) is 11.2. The predicted molar refractivity (Wildman–Crippen MR) is 91.3 cm³/mol. The number of hydrogen-bond donors (Lipinski definition) is 3. The highest BCUT2D eigenvalue weighted by molar-refractivity contribution is 5.75. The Morgan fingerprint density at radius 2 is 2.12 bits per heavy atom. The molecule has 3 N–H and O–H groups in total. The molecule has 2 atom stereocenters. The first kappa shape index (κ1) is 16.5. The number of aliphatic hydroxyl groups is 1. The summed E-state index contributed by atoms with van der Waals surface area (Å²) in [5, 5.41) is 19.8. The maximum atomic E-state index is 12.5. The number of benzene rings is 1. The third kappa shape index (κ3) is 3.94. The molecule has 0 bridgehead atoms. The number of hydrogen-bond acceptors (Lipinski definition) is 3. The lowest BCUT2D eigenvalue weighted by Gasteiger charge is -2.30. The molecule has 1 fully saturated rings. The molecule has 6 heteroatoms. The number of nitrogens with one attached hydrogen (secondary N) is 2. The third-order valence-electron chi connectivity index (χ3n) is 4.64. The van der Waals surface area contributed by atoms with Crippen molar-refractivity contribution >= 4 is 6.03 Å². The largest absolute Gasteiger partial charge is 0.394 e. The number of carbonyl (C=O) groups excluding carboxylic acids is 1. The number of urea groups is 1. The van der Waals surface area contributed by atoms with Gasteiger partial charge in [-0.25, -0.2) is 4.79 Å². The van der Waals surface area contributed by atoms with E-state index in [-0.39, 0.29) is 18.7 Å². The first-order chi connectivity index (χ1) is 11.6. The molecule has 24 heavy (non-hydrogen) atoms. The summed E-state index contributed by atoms with van der Waals surface area (Å²) in [6.45, 7) is 2.39. The predicted octanol–water partition coefficient (Wildman–Crippen LogP) is 2.08. The van der Waals surface area contributed by atoms with Crippen LogP contribution < -0.4 is 10.6 Å². The molecule has 3 rings (SSSR count). The first-order valence-corrected chi connectivity index (χ1v) is 8.32. The zero-order chi connectivity index (χ0) is 17.0. The summed E-state index contributed by atoms with van der Waals surface area (Å²) in [7, 11) is 0. The van der Waals surface area contributed by atoms with Crippen molar-refractivity contribution in [2.24, 2.45) is 5.92 Å². The molecule has 128 valence electrons. The Labute approximate surface area is 141 Å². The van der Waals surface area contributed by atoms with Gasteiger partial charge >= 0.3 is 6.03 Å². The Balaban J connectivity index is 1.70. The highest BCUT2D eigenvalue weighted by Crippen LogP contribution is 2.39. The van der Waals surface area contributed by atoms with Crippen LogP contribution in [0.25, 0.3) is 0 Å². The summed E-state index contributed by atoms with van der Waals surface area (Å²) in [4.78, 5) is 12.5. The van der Waals surface area contributed by atoms with Gasteiger partial charge in [0.2, 0.25) is 0 Å². The second kappa shape index (κ2) is 7.05. The van der Waals surface area contributed by atoms with Crippen molar-refractivity contribution in [3.8, 4) is 0 Å². The molecular formula is C18H24N4O2. The number of aliphatic hydroxyl groups excluding tert-OH is 1. The number of rotatable bonds is 7. The third-order valence-corrected chi connectivity index (χ3v) is 4.64. The second-order valence-corrected chi connectivity index (χ2v) is 6.64. The highest BCUT2D eigenvalue weighted by atomic mass is 16.3. The quantitative estimate of drug-likeness (QED) is 0.728. The normalized spacial score (nSPS) is 17.8. The molecule has 0 unspecified atom stereocenters. The van der Waals surface area contributed by atoms with Gasteiger partial charge in [-0.2, -0.15) is 5.10 Å². The van der Waals surface area contributed by atoms with Gasteiger partial charge in [0.15, 0.2) is 0 Å². The average Bonchev–Trinajstić information content (AvgIpc) is 3.34. The lowest BCUT2D eigenvalue weighted by atomic mass is 9.97. The summed E-state index contributed by atoms with van der Waals surface area (Å²) in [5.41, 5.74) is 0.456. The summed E-state index contributed by atoms with van der Waals surface area (Å²) >= 11 is 0. The van der Waals surface area contributed by atoms with Crippen LogP contribution in [0.1, 0.15) is 31.4 Å². The van der Waals surface area contributed by atoms with Crippen molar-refractivity contribution in [2.75, 3.05) is 6.61 Å². The minimum atomic E-state index is -0.559. The fourth-order valence-corrected chi connectivity index (χ4v) is 2.96. The van der Waals surface area contributed by atoms with E-state index in [1.807, 2.05) is 49.5 Å². The molecule has 1 saturated carbocycles. The molecule has 2 aromatic rings. The number of nitrogens with zero attached hydrogens (tertiary/aromatic N) is 2. The second-order valence-electron chi connectivity index (χ2n) is 6.64. The van der Waals surface area contributed by atoms with Crippen LogP contribution in [0.4, 0.5) is 4.79 Å². The van der Waals surface area contributed by atoms with Crippen LogP contribution in [0.5, 0.6) is 0 Å². The standard InChI is InChI=1S/C18H24N4O2/c1-18(13-23,15-8-9-15)21-17(24)20-16(12-22-11-5-10-19-22)14-6-3-2-4-7-14/h2-7,10-11,15-16,23H,8-9,12-13H2,1H3,(H2,20,21,24)/t16-,18+/m0/s1. The summed E-state index contributed by atoms with van der Waals surface area (Å²) in [5.74, 6) is 0.356. The van der Waals surface area contributed by atoms with Gasteiger partial charge in [0, 0.05) is 12.4 Å². The topological polar surface area (TPSA) is 79.2 Å². The monoisotopic (exact) mass is 328 g/mol. The van der Waals surface area contributed by atoms with E-state index < -0.39 is 5.54 Å². The number of carbonyl (C=O) groups is 1. The Bertz CT molecular complexity index is 655. The van der Waals surface area contributed by atoms with E-state index in [9.17, 15) is 9.90 Å². The van der Waals surface area contributed by atoms with Crippen molar-refractivity contribution in [3.63, 3.8) is 0 Å². The van der Waals surface area contributed by atoms with Gasteiger partial charge in [-0.15, -0.1) is 0 Å². The molecule has 1 aromatic carbocycles. The highest BCUT2D eigenvalue weighted by Gasteiger charge is 2.42. The van der Waals surface area contributed by atoms with Crippen LogP contribution in [-0.4, -0.2) is 33.1 Å². The fourth-order valence-electron chi connectivity index (χ4n) is 2.96. The van der Waals surface area contributed by atoms with E-state index in [0.717, 1.165) is 18.4 Å². The maximum Gasteiger partial charge on any atom is 0.315 e. The van der Waals surface area contributed by atoms with Crippen LogP contribution in [0, 0.1) is 5.92 Å². The van der Waals surface area contributed by atoms with Gasteiger partial charge in [0.05, 0.1) is 24.7 Å². The van der Waals surface area contributed by atoms with Crippen molar-refractivity contribution < 1.29 is 9.90 Å². The first-order valence-electron chi connectivity index (χ1n) is 8.32. The Morgan fingerprint density at radius 1 is 1.38 bits per heavy atom. The average molecular weight is 328 g/mol. The van der Waals surface area contributed by atoms with Crippen LogP contribution >= 0.6 is 0 Å². The molecule has 0 spiro atoms. The van der Waals surface area contributed by atoms with Crippen LogP contribution in [0.2, 0.25) is 0 Å². The maximum absolute atomic E-state index is 12.5. The fraction of sp³-hybridized carbons (Fsp3) is 0.444. The molecule has 0 aliphatic heterocycles. The Kier molecular flexibility index (Phi) is 4.85. The van der Waals surface area contributed by atoms with Gasteiger partial charge < -0.3 is 15.7 Å². The van der Waals surface area contributed by atoms with Gasteiger partial charge in [-0.1, -0.05) is 30.3 Å². The molecule has 6 nitrogen and oxygen atoms in total. The molecule has 1 heterocycles.